The average molecular weight is 312 g/mol. The van der Waals surface area contributed by atoms with Gasteiger partial charge in [0.2, 0.25) is 5.91 Å². The molecule has 1 fully saturated rings. The number of fused-ring (bicyclic) bond motifs is 1. The van der Waals surface area contributed by atoms with Crippen LogP contribution in [0.4, 0.5) is 18.9 Å². The second-order valence-corrected chi connectivity index (χ2v) is 6.02. The number of anilines is 1. The number of likely N-dealkylation sites (tertiary alicyclic amines) is 1. The van der Waals surface area contributed by atoms with Crippen molar-refractivity contribution in [2.45, 2.75) is 31.4 Å². The van der Waals surface area contributed by atoms with Crippen LogP contribution in [-0.2, 0) is 4.79 Å². The third-order valence-corrected chi connectivity index (χ3v) is 4.45. The minimum atomic E-state index is -4.20. The maximum atomic E-state index is 12.7. The molecule has 1 aromatic rings. The Morgan fingerprint density at radius 3 is 2.64 bits per heavy atom. The summed E-state index contributed by atoms with van der Waals surface area (Å²) in [6, 6.07) is 7.29. The van der Waals surface area contributed by atoms with Crippen LogP contribution in [-0.4, -0.2) is 43.2 Å². The molecule has 1 atom stereocenters. The lowest BCUT2D eigenvalue weighted by atomic mass is 9.98. The second-order valence-electron chi connectivity index (χ2n) is 6.02. The molecule has 0 bridgehead atoms. The van der Waals surface area contributed by atoms with Gasteiger partial charge in [0, 0.05) is 37.7 Å². The molecule has 0 N–H and O–H groups in total. The fourth-order valence-electron chi connectivity index (χ4n) is 3.45. The van der Waals surface area contributed by atoms with E-state index in [1.54, 1.807) is 12.1 Å². The van der Waals surface area contributed by atoms with Crippen LogP contribution >= 0.6 is 0 Å². The molecule has 120 valence electrons. The van der Waals surface area contributed by atoms with E-state index in [0.717, 1.165) is 24.9 Å². The van der Waals surface area contributed by atoms with Gasteiger partial charge < -0.3 is 9.80 Å². The van der Waals surface area contributed by atoms with Gasteiger partial charge >= 0.3 is 6.18 Å². The molecular formula is C16H19F3N2O. The molecule has 0 radical (unpaired) electrons. The first-order chi connectivity index (χ1) is 10.4. The van der Waals surface area contributed by atoms with E-state index < -0.39 is 12.7 Å². The molecule has 1 saturated heterocycles. The zero-order chi connectivity index (χ0) is 15.7. The fourth-order valence-corrected chi connectivity index (χ4v) is 3.45. The molecule has 1 aromatic carbocycles. The van der Waals surface area contributed by atoms with Crippen LogP contribution in [0.25, 0.3) is 0 Å². The van der Waals surface area contributed by atoms with Gasteiger partial charge in [0.15, 0.2) is 0 Å². The van der Waals surface area contributed by atoms with Crippen molar-refractivity contribution in [1.29, 1.82) is 0 Å². The lowest BCUT2D eigenvalue weighted by Crippen LogP contribution is -2.34. The predicted octanol–water partition coefficient (Wildman–Crippen LogP) is 3.17. The fraction of sp³-hybridized carbons (Fsp3) is 0.562. The molecule has 0 aromatic heterocycles. The van der Waals surface area contributed by atoms with Crippen LogP contribution in [0.2, 0.25) is 0 Å². The van der Waals surface area contributed by atoms with E-state index in [1.807, 2.05) is 17.0 Å². The minimum absolute atomic E-state index is 0.0620. The average Bonchev–Trinajstić information content (AvgIpc) is 3.00. The maximum absolute atomic E-state index is 12.7. The summed E-state index contributed by atoms with van der Waals surface area (Å²) in [5, 5.41) is 0. The van der Waals surface area contributed by atoms with Gasteiger partial charge in [-0.3, -0.25) is 4.79 Å². The molecule has 1 unspecified atom stereocenters. The summed E-state index contributed by atoms with van der Waals surface area (Å²) in [4.78, 5) is 14.9. The lowest BCUT2D eigenvalue weighted by Gasteiger charge is -2.22. The van der Waals surface area contributed by atoms with E-state index in [-0.39, 0.29) is 11.8 Å². The Morgan fingerprint density at radius 1 is 1.18 bits per heavy atom. The molecule has 2 aliphatic heterocycles. The molecule has 6 heteroatoms. The van der Waals surface area contributed by atoms with Crippen LogP contribution in [0, 0.1) is 0 Å². The Kier molecular flexibility index (Phi) is 4.02. The topological polar surface area (TPSA) is 23.6 Å². The number of rotatable bonds is 4. The van der Waals surface area contributed by atoms with Crippen molar-refractivity contribution >= 4 is 11.6 Å². The summed E-state index contributed by atoms with van der Waals surface area (Å²) in [6.45, 7) is 0.876. The summed E-state index contributed by atoms with van der Waals surface area (Å²) in [5.41, 5.74) is 1.65. The highest BCUT2D eigenvalue weighted by Gasteiger charge is 2.37. The van der Waals surface area contributed by atoms with Gasteiger partial charge in [-0.15, -0.1) is 0 Å². The van der Waals surface area contributed by atoms with Crippen LogP contribution in [0.3, 0.4) is 0 Å². The Hall–Kier alpha value is -1.72. The molecule has 3 nitrogen and oxygen atoms in total. The van der Waals surface area contributed by atoms with E-state index in [0.29, 0.717) is 25.2 Å². The maximum Gasteiger partial charge on any atom is 0.405 e. The van der Waals surface area contributed by atoms with Gasteiger partial charge in [0.1, 0.15) is 6.54 Å². The monoisotopic (exact) mass is 312 g/mol. The quantitative estimate of drug-likeness (QED) is 0.852. The van der Waals surface area contributed by atoms with Crippen molar-refractivity contribution in [2.75, 3.05) is 31.1 Å². The molecule has 3 rings (SSSR count). The summed E-state index contributed by atoms with van der Waals surface area (Å²) < 4.78 is 38.2. The number of hydrogen-bond acceptors (Lipinski definition) is 2. The minimum Gasteiger partial charge on any atom is -0.362 e. The Morgan fingerprint density at radius 2 is 1.95 bits per heavy atom. The third kappa shape index (κ3) is 3.20. The Bertz CT molecular complexity index is 559. The number of para-hydroxylation sites is 1. The van der Waals surface area contributed by atoms with Gasteiger partial charge in [-0.2, -0.15) is 13.2 Å². The van der Waals surface area contributed by atoms with Gasteiger partial charge in [-0.05, 0) is 24.5 Å². The largest absolute Gasteiger partial charge is 0.405 e. The molecule has 0 aliphatic carbocycles. The third-order valence-electron chi connectivity index (χ3n) is 4.45. The van der Waals surface area contributed by atoms with E-state index in [2.05, 4.69) is 0 Å². The van der Waals surface area contributed by atoms with Crippen molar-refractivity contribution in [1.82, 2.24) is 4.90 Å². The molecular weight excluding hydrogens is 293 g/mol. The van der Waals surface area contributed by atoms with Crippen molar-refractivity contribution < 1.29 is 18.0 Å². The highest BCUT2D eigenvalue weighted by Crippen LogP contribution is 2.39. The zero-order valence-electron chi connectivity index (χ0n) is 12.3. The van der Waals surface area contributed by atoms with Crippen LogP contribution in [0.1, 0.15) is 30.7 Å². The Balaban J connectivity index is 1.69. The molecule has 2 aliphatic rings. The van der Waals surface area contributed by atoms with E-state index in [9.17, 15) is 18.0 Å². The van der Waals surface area contributed by atoms with Crippen molar-refractivity contribution in [3.63, 3.8) is 0 Å². The van der Waals surface area contributed by atoms with Crippen molar-refractivity contribution in [2.24, 2.45) is 0 Å². The summed E-state index contributed by atoms with van der Waals surface area (Å²) >= 11 is 0. The van der Waals surface area contributed by atoms with Gasteiger partial charge in [-0.1, -0.05) is 18.2 Å². The first-order valence-electron chi connectivity index (χ1n) is 7.62. The first kappa shape index (κ1) is 15.2. The highest BCUT2D eigenvalue weighted by atomic mass is 19.4. The molecule has 0 saturated carbocycles. The second kappa shape index (κ2) is 5.82. The van der Waals surface area contributed by atoms with Gasteiger partial charge in [0.05, 0.1) is 0 Å². The van der Waals surface area contributed by atoms with Gasteiger partial charge in [-0.25, -0.2) is 0 Å². The van der Waals surface area contributed by atoms with Crippen LogP contribution in [0.15, 0.2) is 24.3 Å². The van der Waals surface area contributed by atoms with Crippen molar-refractivity contribution in [3.8, 4) is 0 Å². The first-order valence-corrected chi connectivity index (χ1v) is 7.62. The number of hydrogen-bond donors (Lipinski definition) is 0. The van der Waals surface area contributed by atoms with E-state index in [1.165, 1.54) is 4.90 Å². The van der Waals surface area contributed by atoms with E-state index >= 15 is 0 Å². The predicted molar refractivity (Wildman–Crippen MR) is 77.9 cm³/mol. The smallest absolute Gasteiger partial charge is 0.362 e. The number of nitrogens with zero attached hydrogens (tertiary/aromatic N) is 2. The molecule has 2 heterocycles. The SMILES string of the molecule is O=C1CCCN1CCC1CN(CC(F)(F)F)c2ccccc21. The number of carbonyl (C=O) groups excluding carboxylic acids is 1. The molecule has 1 amide bonds. The summed E-state index contributed by atoms with van der Waals surface area (Å²) in [5.74, 6) is 0.227. The number of alkyl halides is 3. The van der Waals surface area contributed by atoms with Gasteiger partial charge in [0.25, 0.3) is 0 Å². The number of benzene rings is 1. The molecule has 0 spiro atoms. The number of amides is 1. The zero-order valence-corrected chi connectivity index (χ0v) is 12.3. The summed E-state index contributed by atoms with van der Waals surface area (Å²) in [6.07, 6.45) is -1.99. The highest BCUT2D eigenvalue weighted by molar-refractivity contribution is 5.78. The number of halogens is 3. The standard InChI is InChI=1S/C16H19F3N2O/c17-16(18,19)11-21-10-12(13-4-1-2-5-14(13)21)7-9-20-8-3-6-15(20)22/h1-2,4-5,12H,3,6-11H2. The van der Waals surface area contributed by atoms with Crippen LogP contribution in [0.5, 0.6) is 0 Å². The van der Waals surface area contributed by atoms with E-state index in [4.69, 9.17) is 0 Å². The van der Waals surface area contributed by atoms with Crippen LogP contribution < -0.4 is 4.90 Å². The number of carbonyl (C=O) groups is 1. The lowest BCUT2D eigenvalue weighted by molar-refractivity contribution is -0.127. The Labute approximate surface area is 127 Å². The normalized spacial score (nSPS) is 21.6. The molecule has 22 heavy (non-hydrogen) atoms. The van der Waals surface area contributed by atoms with Crippen molar-refractivity contribution in [3.05, 3.63) is 29.8 Å². The summed E-state index contributed by atoms with van der Waals surface area (Å²) in [7, 11) is 0.